The summed E-state index contributed by atoms with van der Waals surface area (Å²) in [7, 11) is 1.59. The molecule has 1 saturated heterocycles. The first-order chi connectivity index (χ1) is 8.38. The van der Waals surface area contributed by atoms with E-state index in [1.165, 1.54) is 0 Å². The van der Waals surface area contributed by atoms with Gasteiger partial charge in [-0.3, -0.25) is 9.80 Å². The first-order valence-electron chi connectivity index (χ1n) is 6.65. The summed E-state index contributed by atoms with van der Waals surface area (Å²) in [6, 6.07) is 0.101. The Kier molecular flexibility index (Phi) is 6.01. The average molecular weight is 260 g/mol. The van der Waals surface area contributed by atoms with Crippen molar-refractivity contribution in [3.63, 3.8) is 0 Å². The van der Waals surface area contributed by atoms with Crippen molar-refractivity contribution in [2.75, 3.05) is 46.5 Å². The highest BCUT2D eigenvalue weighted by Gasteiger charge is 2.32. The maximum absolute atomic E-state index is 9.78. The van der Waals surface area contributed by atoms with Crippen molar-refractivity contribution >= 4 is 0 Å². The van der Waals surface area contributed by atoms with Crippen LogP contribution in [0.4, 0.5) is 0 Å². The van der Waals surface area contributed by atoms with Crippen molar-refractivity contribution in [1.29, 1.82) is 0 Å². The van der Waals surface area contributed by atoms with E-state index in [2.05, 4.69) is 30.6 Å². The Hall–Kier alpha value is -0.200. The summed E-state index contributed by atoms with van der Waals surface area (Å²) < 4.78 is 4.94. The van der Waals surface area contributed by atoms with Gasteiger partial charge in [-0.05, 0) is 20.8 Å². The molecule has 1 rings (SSSR count). The van der Waals surface area contributed by atoms with Crippen molar-refractivity contribution in [2.24, 2.45) is 0 Å². The van der Waals surface area contributed by atoms with E-state index in [-0.39, 0.29) is 18.2 Å². The molecule has 5 heteroatoms. The third-order valence-corrected chi connectivity index (χ3v) is 3.57. The van der Waals surface area contributed by atoms with Gasteiger partial charge in [-0.2, -0.15) is 0 Å². The molecule has 1 heterocycles. The lowest BCUT2D eigenvalue weighted by Crippen LogP contribution is -2.60. The molecular formula is C13H28N2O3. The molecule has 0 saturated carbocycles. The van der Waals surface area contributed by atoms with Gasteiger partial charge in [0, 0.05) is 44.9 Å². The molecule has 0 unspecified atom stereocenters. The number of hydrogen-bond donors (Lipinski definition) is 2. The van der Waals surface area contributed by atoms with Crippen LogP contribution in [-0.4, -0.2) is 84.2 Å². The molecule has 2 N–H and O–H groups in total. The van der Waals surface area contributed by atoms with Gasteiger partial charge in [-0.1, -0.05) is 0 Å². The number of piperazine rings is 1. The molecule has 2 atom stereocenters. The second-order valence-electron chi connectivity index (χ2n) is 6.06. The summed E-state index contributed by atoms with van der Waals surface area (Å²) >= 11 is 0. The van der Waals surface area contributed by atoms with Crippen LogP contribution < -0.4 is 0 Å². The second-order valence-corrected chi connectivity index (χ2v) is 6.06. The second kappa shape index (κ2) is 6.82. The number of aliphatic hydroxyl groups is 2. The van der Waals surface area contributed by atoms with E-state index in [1.54, 1.807) is 7.11 Å². The predicted octanol–water partition coefficient (Wildman–Crippen LogP) is -0.229. The van der Waals surface area contributed by atoms with Crippen LogP contribution in [0.5, 0.6) is 0 Å². The summed E-state index contributed by atoms with van der Waals surface area (Å²) in [6.07, 6.45) is -0.481. The fourth-order valence-corrected chi connectivity index (χ4v) is 2.43. The van der Waals surface area contributed by atoms with Gasteiger partial charge in [0.15, 0.2) is 0 Å². The smallest absolute Gasteiger partial charge is 0.0900 e. The van der Waals surface area contributed by atoms with Crippen LogP contribution in [0.1, 0.15) is 20.8 Å². The van der Waals surface area contributed by atoms with E-state index in [4.69, 9.17) is 4.74 Å². The Bertz CT molecular complexity index is 243. The largest absolute Gasteiger partial charge is 0.395 e. The lowest BCUT2D eigenvalue weighted by Gasteiger charge is -2.46. The molecule has 0 amide bonds. The summed E-state index contributed by atoms with van der Waals surface area (Å²) in [5.74, 6) is 0. The maximum Gasteiger partial charge on any atom is 0.0900 e. The monoisotopic (exact) mass is 260 g/mol. The molecule has 0 aromatic rings. The maximum atomic E-state index is 9.78. The highest BCUT2D eigenvalue weighted by molar-refractivity contribution is 4.88. The number of nitrogens with zero attached hydrogens (tertiary/aromatic N) is 2. The van der Waals surface area contributed by atoms with E-state index in [0.717, 1.165) is 19.6 Å². The van der Waals surface area contributed by atoms with E-state index >= 15 is 0 Å². The van der Waals surface area contributed by atoms with Crippen LogP contribution in [-0.2, 0) is 4.74 Å². The number of ether oxygens (including phenoxy) is 1. The molecule has 1 fully saturated rings. The molecule has 0 spiro atoms. The Labute approximate surface area is 110 Å². The van der Waals surface area contributed by atoms with Gasteiger partial charge in [0.25, 0.3) is 0 Å². The van der Waals surface area contributed by atoms with Crippen LogP contribution in [0.15, 0.2) is 0 Å². The van der Waals surface area contributed by atoms with Crippen molar-refractivity contribution in [3.8, 4) is 0 Å². The molecular weight excluding hydrogens is 232 g/mol. The minimum atomic E-state index is -0.481. The Morgan fingerprint density at radius 2 is 2.00 bits per heavy atom. The fourth-order valence-electron chi connectivity index (χ4n) is 2.43. The van der Waals surface area contributed by atoms with E-state index in [9.17, 15) is 10.2 Å². The number of aliphatic hydroxyl groups excluding tert-OH is 2. The zero-order valence-electron chi connectivity index (χ0n) is 12.1. The molecule has 108 valence electrons. The third-order valence-electron chi connectivity index (χ3n) is 3.57. The van der Waals surface area contributed by atoms with E-state index < -0.39 is 6.10 Å². The zero-order valence-corrected chi connectivity index (χ0v) is 12.1. The summed E-state index contributed by atoms with van der Waals surface area (Å²) in [5.41, 5.74) is 0.130. The molecule has 5 nitrogen and oxygen atoms in total. The lowest BCUT2D eigenvalue weighted by atomic mass is 10.0. The third kappa shape index (κ3) is 4.48. The molecule has 18 heavy (non-hydrogen) atoms. The van der Waals surface area contributed by atoms with Crippen molar-refractivity contribution in [2.45, 2.75) is 38.5 Å². The highest BCUT2D eigenvalue weighted by atomic mass is 16.5. The summed E-state index contributed by atoms with van der Waals surface area (Å²) in [6.45, 7) is 10.3. The lowest BCUT2D eigenvalue weighted by molar-refractivity contribution is -0.0311. The zero-order chi connectivity index (χ0) is 13.8. The predicted molar refractivity (Wildman–Crippen MR) is 71.7 cm³/mol. The molecule has 0 aromatic carbocycles. The fraction of sp³-hybridized carbons (Fsp3) is 1.00. The van der Waals surface area contributed by atoms with Crippen molar-refractivity contribution in [1.82, 2.24) is 9.80 Å². The molecule has 0 bridgehead atoms. The molecule has 0 aromatic heterocycles. The van der Waals surface area contributed by atoms with E-state index in [1.807, 2.05) is 0 Å². The minimum Gasteiger partial charge on any atom is -0.395 e. The molecule has 1 aliphatic rings. The summed E-state index contributed by atoms with van der Waals surface area (Å²) in [5, 5.41) is 19.3. The van der Waals surface area contributed by atoms with Crippen molar-refractivity contribution < 1.29 is 14.9 Å². The topological polar surface area (TPSA) is 56.2 Å². The standard InChI is InChI=1S/C13H28N2O3/c1-13(2,3)15-6-5-14(11(7-15)9-16)8-12(17)10-18-4/h11-12,16-17H,5-10H2,1-4H3/t11-,12-/m0/s1. The highest BCUT2D eigenvalue weighted by Crippen LogP contribution is 2.19. The first kappa shape index (κ1) is 15.9. The first-order valence-corrected chi connectivity index (χ1v) is 6.65. The SMILES string of the molecule is COC[C@@H](O)CN1CCN(C(C)(C)C)C[C@H]1CO. The van der Waals surface area contributed by atoms with Gasteiger partial charge in [0.2, 0.25) is 0 Å². The summed E-state index contributed by atoms with van der Waals surface area (Å²) in [4.78, 5) is 4.54. The molecule has 0 aliphatic carbocycles. The Balaban J connectivity index is 2.52. The number of hydrogen-bond acceptors (Lipinski definition) is 5. The Morgan fingerprint density at radius 3 is 2.50 bits per heavy atom. The van der Waals surface area contributed by atoms with Gasteiger partial charge in [0.05, 0.1) is 19.3 Å². The van der Waals surface area contributed by atoms with Gasteiger partial charge >= 0.3 is 0 Å². The van der Waals surface area contributed by atoms with Crippen LogP contribution in [0.25, 0.3) is 0 Å². The normalized spacial score (nSPS) is 25.3. The number of methoxy groups -OCH3 is 1. The van der Waals surface area contributed by atoms with Gasteiger partial charge < -0.3 is 14.9 Å². The number of β-amino-alcohol motifs (C(OH)–C–C–N with tert-alkyl or cyclic N) is 1. The van der Waals surface area contributed by atoms with Crippen LogP contribution >= 0.6 is 0 Å². The van der Waals surface area contributed by atoms with Crippen LogP contribution in [0, 0.1) is 0 Å². The van der Waals surface area contributed by atoms with Crippen molar-refractivity contribution in [3.05, 3.63) is 0 Å². The van der Waals surface area contributed by atoms with Gasteiger partial charge in [-0.15, -0.1) is 0 Å². The van der Waals surface area contributed by atoms with E-state index in [0.29, 0.717) is 13.2 Å². The minimum absolute atomic E-state index is 0.101. The van der Waals surface area contributed by atoms with Crippen LogP contribution in [0.3, 0.4) is 0 Å². The quantitative estimate of drug-likeness (QED) is 0.715. The average Bonchev–Trinajstić information content (AvgIpc) is 2.28. The number of rotatable bonds is 5. The van der Waals surface area contributed by atoms with Gasteiger partial charge in [-0.25, -0.2) is 0 Å². The van der Waals surface area contributed by atoms with Crippen LogP contribution in [0.2, 0.25) is 0 Å². The Morgan fingerprint density at radius 1 is 1.33 bits per heavy atom. The van der Waals surface area contributed by atoms with Gasteiger partial charge in [0.1, 0.15) is 0 Å². The molecule has 0 radical (unpaired) electrons. The molecule has 1 aliphatic heterocycles.